The molecule has 0 aromatic rings. The van der Waals surface area contributed by atoms with E-state index in [1.807, 2.05) is 0 Å². The van der Waals surface area contributed by atoms with Gasteiger partial charge in [0.05, 0.1) is 106 Å². The van der Waals surface area contributed by atoms with Gasteiger partial charge in [-0.1, -0.05) is 12.8 Å². The zero-order valence-electron chi connectivity index (χ0n) is 24.2. The van der Waals surface area contributed by atoms with Gasteiger partial charge in [0, 0.05) is 18.9 Å². The summed E-state index contributed by atoms with van der Waals surface area (Å²) in [7, 11) is 0. The summed E-state index contributed by atoms with van der Waals surface area (Å²) in [5.74, 6) is -2.50. The van der Waals surface area contributed by atoms with Crippen LogP contribution in [0.2, 0.25) is 0 Å². The van der Waals surface area contributed by atoms with E-state index < -0.39 is 17.7 Å². The number of hydrogen-bond donors (Lipinski definition) is 1. The van der Waals surface area contributed by atoms with Crippen molar-refractivity contribution >= 4 is 29.3 Å². The number of Topliss-reactive ketones (excluding diaryl/α,β-unsaturated/α-hetero) is 1. The molecule has 0 rings (SSSR count). The standard InChI is InChI=1S/C27H49ClO13/c28-7-3-1-2-4-8-33-9-10-34-11-12-35-13-14-36-15-16-37-17-18-38-19-20-39-21-22-40-23-24-41-26(30)6-5-25(29)27(31)32/h1-24H2,(H,31,32). The third-order valence-corrected chi connectivity index (χ3v) is 5.33. The minimum atomic E-state index is -1.56. The summed E-state index contributed by atoms with van der Waals surface area (Å²) >= 11 is 5.64. The van der Waals surface area contributed by atoms with Crippen molar-refractivity contribution in [1.29, 1.82) is 0 Å². The van der Waals surface area contributed by atoms with Gasteiger partial charge in [-0.25, -0.2) is 4.79 Å². The first kappa shape index (κ1) is 39.6. The van der Waals surface area contributed by atoms with Crippen LogP contribution in [-0.2, 0) is 57.0 Å². The molecule has 0 aliphatic rings. The Morgan fingerprint density at radius 2 is 0.780 bits per heavy atom. The van der Waals surface area contributed by atoms with E-state index >= 15 is 0 Å². The van der Waals surface area contributed by atoms with Gasteiger partial charge < -0.3 is 47.7 Å². The van der Waals surface area contributed by atoms with E-state index in [2.05, 4.69) is 0 Å². The maximum atomic E-state index is 11.3. The Labute approximate surface area is 248 Å². The SMILES string of the molecule is O=C(CCC(=O)C(=O)O)OCCOCCOCCOCCOCCOCCOCCOCCOCCCCCCCl. The number of carboxylic acids is 1. The molecule has 13 nitrogen and oxygen atoms in total. The van der Waals surface area contributed by atoms with E-state index in [0.717, 1.165) is 38.2 Å². The zero-order valence-corrected chi connectivity index (χ0v) is 25.0. The maximum Gasteiger partial charge on any atom is 0.372 e. The smallest absolute Gasteiger partial charge is 0.372 e. The molecule has 0 spiro atoms. The van der Waals surface area contributed by atoms with Gasteiger partial charge >= 0.3 is 11.9 Å². The number of aliphatic carboxylic acids is 1. The molecule has 0 radical (unpaired) electrons. The lowest BCUT2D eigenvalue weighted by Crippen LogP contribution is -2.17. The van der Waals surface area contributed by atoms with Crippen LogP contribution in [0, 0.1) is 0 Å². The van der Waals surface area contributed by atoms with Crippen molar-refractivity contribution in [3.63, 3.8) is 0 Å². The lowest BCUT2D eigenvalue weighted by Gasteiger charge is -2.09. The Hall–Kier alpha value is -1.42. The molecule has 0 aromatic carbocycles. The number of rotatable bonds is 34. The quantitative estimate of drug-likeness (QED) is 0.0485. The molecular weight excluding hydrogens is 568 g/mol. The Kier molecular flexibility index (Phi) is 31.9. The van der Waals surface area contributed by atoms with Crippen molar-refractivity contribution in [2.24, 2.45) is 0 Å². The summed E-state index contributed by atoms with van der Waals surface area (Å²) in [5, 5.41) is 8.43. The molecule has 0 fully saturated rings. The number of ether oxygens (including phenoxy) is 9. The van der Waals surface area contributed by atoms with Crippen LogP contribution >= 0.6 is 11.6 Å². The first-order valence-electron chi connectivity index (χ1n) is 14.2. The Morgan fingerprint density at radius 3 is 1.15 bits per heavy atom. The second-order valence-electron chi connectivity index (χ2n) is 8.45. The van der Waals surface area contributed by atoms with Crippen LogP contribution in [0.5, 0.6) is 0 Å². The first-order chi connectivity index (χ1) is 20.1. The molecule has 242 valence electrons. The summed E-state index contributed by atoms with van der Waals surface area (Å²) in [4.78, 5) is 32.6. The van der Waals surface area contributed by atoms with Gasteiger partial charge in [-0.15, -0.1) is 11.6 Å². The van der Waals surface area contributed by atoms with Crippen LogP contribution in [0.25, 0.3) is 0 Å². The number of carbonyl (C=O) groups excluding carboxylic acids is 2. The molecule has 0 heterocycles. The number of alkyl halides is 1. The van der Waals surface area contributed by atoms with Crippen LogP contribution in [0.1, 0.15) is 38.5 Å². The minimum Gasteiger partial charge on any atom is -0.476 e. The van der Waals surface area contributed by atoms with E-state index in [0.29, 0.717) is 92.5 Å². The molecule has 0 bridgehead atoms. The lowest BCUT2D eigenvalue weighted by molar-refractivity contribution is -0.151. The maximum absolute atomic E-state index is 11.3. The van der Waals surface area contributed by atoms with Gasteiger partial charge in [-0.2, -0.15) is 0 Å². The van der Waals surface area contributed by atoms with Crippen LogP contribution in [0.4, 0.5) is 0 Å². The van der Waals surface area contributed by atoms with Crippen LogP contribution < -0.4 is 0 Å². The van der Waals surface area contributed by atoms with E-state index in [1.165, 1.54) is 0 Å². The zero-order chi connectivity index (χ0) is 30.1. The van der Waals surface area contributed by atoms with E-state index in [4.69, 9.17) is 59.3 Å². The molecular formula is C27H49ClO13. The van der Waals surface area contributed by atoms with Crippen molar-refractivity contribution in [1.82, 2.24) is 0 Å². The van der Waals surface area contributed by atoms with Gasteiger partial charge in [-0.3, -0.25) is 9.59 Å². The van der Waals surface area contributed by atoms with Crippen molar-refractivity contribution in [2.45, 2.75) is 38.5 Å². The number of carboxylic acid groups (broad SMARTS) is 1. The number of halogens is 1. The fourth-order valence-electron chi connectivity index (χ4n) is 2.90. The average Bonchev–Trinajstić information content (AvgIpc) is 2.96. The van der Waals surface area contributed by atoms with E-state index in [9.17, 15) is 14.4 Å². The second-order valence-corrected chi connectivity index (χ2v) is 8.83. The van der Waals surface area contributed by atoms with Gasteiger partial charge in [0.15, 0.2) is 0 Å². The molecule has 0 saturated carbocycles. The highest BCUT2D eigenvalue weighted by Crippen LogP contribution is 2.01. The van der Waals surface area contributed by atoms with Crippen LogP contribution in [-0.4, -0.2) is 141 Å². The monoisotopic (exact) mass is 616 g/mol. The third-order valence-electron chi connectivity index (χ3n) is 5.06. The fraction of sp³-hybridized carbons (Fsp3) is 0.889. The number of esters is 1. The average molecular weight is 617 g/mol. The Balaban J connectivity index is 3.12. The molecule has 41 heavy (non-hydrogen) atoms. The van der Waals surface area contributed by atoms with Crippen molar-refractivity contribution in [3.05, 3.63) is 0 Å². The minimum absolute atomic E-state index is 0.0191. The van der Waals surface area contributed by atoms with Crippen molar-refractivity contribution in [2.75, 3.05) is 118 Å². The fourth-order valence-corrected chi connectivity index (χ4v) is 3.09. The predicted molar refractivity (Wildman–Crippen MR) is 149 cm³/mol. The van der Waals surface area contributed by atoms with Crippen molar-refractivity contribution < 1.29 is 62.1 Å². The van der Waals surface area contributed by atoms with Gasteiger partial charge in [0.25, 0.3) is 0 Å². The highest BCUT2D eigenvalue weighted by atomic mass is 35.5. The summed E-state index contributed by atoms with van der Waals surface area (Å²) < 4.78 is 48.1. The number of ketones is 1. The second kappa shape index (κ2) is 33.1. The molecule has 1 N–H and O–H groups in total. The summed E-state index contributed by atoms with van der Waals surface area (Å²) in [6.07, 6.45) is 3.79. The van der Waals surface area contributed by atoms with Crippen molar-refractivity contribution in [3.8, 4) is 0 Å². The first-order valence-corrected chi connectivity index (χ1v) is 14.7. The van der Waals surface area contributed by atoms with Crippen LogP contribution in [0.3, 0.4) is 0 Å². The topological polar surface area (TPSA) is 155 Å². The number of carbonyl (C=O) groups is 3. The molecule has 0 unspecified atom stereocenters. The Morgan fingerprint density at radius 1 is 0.439 bits per heavy atom. The third kappa shape index (κ3) is 33.0. The summed E-state index contributed by atoms with van der Waals surface area (Å²) in [5.41, 5.74) is 0. The molecule has 0 atom stereocenters. The van der Waals surface area contributed by atoms with E-state index in [-0.39, 0.29) is 26.1 Å². The summed E-state index contributed by atoms with van der Waals surface area (Å²) in [6, 6.07) is 0. The molecule has 0 aliphatic heterocycles. The number of unbranched alkanes of at least 4 members (excludes halogenated alkanes) is 3. The summed E-state index contributed by atoms with van der Waals surface area (Å²) in [6.45, 7) is 7.57. The molecule has 0 aromatic heterocycles. The predicted octanol–water partition coefficient (Wildman–Crippen LogP) is 1.90. The molecule has 14 heteroatoms. The van der Waals surface area contributed by atoms with Gasteiger partial charge in [-0.05, 0) is 12.8 Å². The largest absolute Gasteiger partial charge is 0.476 e. The van der Waals surface area contributed by atoms with Crippen LogP contribution in [0.15, 0.2) is 0 Å². The molecule has 0 aliphatic carbocycles. The molecule has 0 amide bonds. The van der Waals surface area contributed by atoms with E-state index in [1.54, 1.807) is 0 Å². The molecule has 0 saturated heterocycles. The Bertz CT molecular complexity index is 610. The highest BCUT2D eigenvalue weighted by Gasteiger charge is 2.14. The highest BCUT2D eigenvalue weighted by molar-refractivity contribution is 6.32. The van der Waals surface area contributed by atoms with Gasteiger partial charge in [0.2, 0.25) is 5.78 Å². The van der Waals surface area contributed by atoms with Gasteiger partial charge in [0.1, 0.15) is 6.61 Å². The normalized spacial score (nSPS) is 11.1. The number of hydrogen-bond acceptors (Lipinski definition) is 12. The lowest BCUT2D eigenvalue weighted by atomic mass is 10.2.